The van der Waals surface area contributed by atoms with Gasteiger partial charge in [0, 0.05) is 5.69 Å². The Hall–Kier alpha value is -0.790. The van der Waals surface area contributed by atoms with E-state index in [0.717, 1.165) is 12.1 Å². The van der Waals surface area contributed by atoms with Gasteiger partial charge in [0.05, 0.1) is 5.69 Å². The number of rotatable bonds is 2. The van der Waals surface area contributed by atoms with E-state index in [-0.39, 0.29) is 0 Å². The van der Waals surface area contributed by atoms with E-state index in [1.165, 1.54) is 5.69 Å². The Kier molecular flexibility index (Phi) is 2.10. The van der Waals surface area contributed by atoms with Crippen molar-refractivity contribution >= 4 is 0 Å². The average molecular weight is 138 g/mol. The summed E-state index contributed by atoms with van der Waals surface area (Å²) in [5.74, 6) is 0.588. The first-order chi connectivity index (χ1) is 4.74. The number of aromatic nitrogens is 2. The molecule has 1 N–H and O–H groups in total. The average Bonchev–Trinajstić information content (AvgIpc) is 2.34. The second-order valence-corrected chi connectivity index (χ2v) is 2.79. The second kappa shape index (κ2) is 2.86. The zero-order chi connectivity index (χ0) is 7.56. The predicted octanol–water partition coefficient (Wildman–Crippen LogP) is 2.23. The van der Waals surface area contributed by atoms with Crippen LogP contribution >= 0.6 is 0 Å². The highest BCUT2D eigenvalue weighted by molar-refractivity contribution is 5.10. The SMILES string of the molecule is CCC(C)c1cc(C)[nH]n1. The largest absolute Gasteiger partial charge is 0.283 e. The van der Waals surface area contributed by atoms with Crippen LogP contribution in [0, 0.1) is 6.92 Å². The molecule has 2 nitrogen and oxygen atoms in total. The van der Waals surface area contributed by atoms with Crippen LogP contribution in [0.5, 0.6) is 0 Å². The highest BCUT2D eigenvalue weighted by Crippen LogP contribution is 2.15. The maximum atomic E-state index is 4.16. The molecule has 0 aliphatic heterocycles. The molecule has 1 heterocycles. The molecule has 1 atom stereocenters. The van der Waals surface area contributed by atoms with E-state index in [4.69, 9.17) is 0 Å². The molecule has 0 aromatic carbocycles. The molecule has 0 saturated heterocycles. The Labute approximate surface area is 61.7 Å². The van der Waals surface area contributed by atoms with E-state index < -0.39 is 0 Å². The molecule has 0 aliphatic rings. The highest BCUT2D eigenvalue weighted by Gasteiger charge is 2.04. The fourth-order valence-electron chi connectivity index (χ4n) is 0.901. The monoisotopic (exact) mass is 138 g/mol. The molecule has 0 radical (unpaired) electrons. The quantitative estimate of drug-likeness (QED) is 0.667. The summed E-state index contributed by atoms with van der Waals surface area (Å²) in [7, 11) is 0. The second-order valence-electron chi connectivity index (χ2n) is 2.79. The maximum absolute atomic E-state index is 4.16. The van der Waals surface area contributed by atoms with Gasteiger partial charge in [-0.3, -0.25) is 5.10 Å². The van der Waals surface area contributed by atoms with Gasteiger partial charge in [-0.15, -0.1) is 0 Å². The van der Waals surface area contributed by atoms with Crippen LogP contribution in [0.2, 0.25) is 0 Å². The van der Waals surface area contributed by atoms with Gasteiger partial charge >= 0.3 is 0 Å². The smallest absolute Gasteiger partial charge is 0.0652 e. The van der Waals surface area contributed by atoms with E-state index in [1.54, 1.807) is 0 Å². The van der Waals surface area contributed by atoms with Gasteiger partial charge in [-0.1, -0.05) is 13.8 Å². The van der Waals surface area contributed by atoms with Gasteiger partial charge in [-0.05, 0) is 25.3 Å². The molecule has 10 heavy (non-hydrogen) atoms. The molecule has 1 rings (SSSR count). The van der Waals surface area contributed by atoms with Crippen LogP contribution in [0.4, 0.5) is 0 Å². The first-order valence-corrected chi connectivity index (χ1v) is 3.76. The third-order valence-corrected chi connectivity index (χ3v) is 1.84. The Morgan fingerprint density at radius 1 is 1.70 bits per heavy atom. The van der Waals surface area contributed by atoms with Crippen LogP contribution in [0.3, 0.4) is 0 Å². The molecule has 1 unspecified atom stereocenters. The molecular formula is C8H14N2. The van der Waals surface area contributed by atoms with E-state index in [1.807, 2.05) is 6.92 Å². The highest BCUT2D eigenvalue weighted by atomic mass is 15.1. The minimum Gasteiger partial charge on any atom is -0.283 e. The van der Waals surface area contributed by atoms with Crippen molar-refractivity contribution < 1.29 is 0 Å². The molecule has 56 valence electrons. The Balaban J connectivity index is 2.74. The topological polar surface area (TPSA) is 28.7 Å². The van der Waals surface area contributed by atoms with Gasteiger partial charge < -0.3 is 0 Å². The first-order valence-electron chi connectivity index (χ1n) is 3.76. The van der Waals surface area contributed by atoms with Gasteiger partial charge in [0.2, 0.25) is 0 Å². The number of hydrogen-bond donors (Lipinski definition) is 1. The summed E-state index contributed by atoms with van der Waals surface area (Å²) in [6.45, 7) is 6.39. The van der Waals surface area contributed by atoms with E-state index in [9.17, 15) is 0 Å². The lowest BCUT2D eigenvalue weighted by Gasteiger charge is -2.00. The lowest BCUT2D eigenvalue weighted by molar-refractivity contribution is 0.703. The minimum atomic E-state index is 0.588. The number of aryl methyl sites for hydroxylation is 1. The summed E-state index contributed by atoms with van der Waals surface area (Å²) in [5.41, 5.74) is 2.33. The maximum Gasteiger partial charge on any atom is 0.0652 e. The van der Waals surface area contributed by atoms with Crippen molar-refractivity contribution in [3.63, 3.8) is 0 Å². The normalized spacial score (nSPS) is 13.5. The van der Waals surface area contributed by atoms with E-state index in [2.05, 4.69) is 30.1 Å². The van der Waals surface area contributed by atoms with Gasteiger partial charge in [0.15, 0.2) is 0 Å². The summed E-state index contributed by atoms with van der Waals surface area (Å²) in [6.07, 6.45) is 1.16. The zero-order valence-corrected chi connectivity index (χ0v) is 6.81. The fourth-order valence-corrected chi connectivity index (χ4v) is 0.901. The van der Waals surface area contributed by atoms with Crippen LogP contribution in [-0.4, -0.2) is 10.2 Å². The van der Waals surface area contributed by atoms with Crippen LogP contribution in [-0.2, 0) is 0 Å². The van der Waals surface area contributed by atoms with Crippen LogP contribution < -0.4 is 0 Å². The lowest BCUT2D eigenvalue weighted by atomic mass is 10.1. The fraction of sp³-hybridized carbons (Fsp3) is 0.625. The zero-order valence-electron chi connectivity index (χ0n) is 6.81. The van der Waals surface area contributed by atoms with Crippen molar-refractivity contribution in [3.8, 4) is 0 Å². The molecule has 1 aromatic rings. The molecule has 0 bridgehead atoms. The van der Waals surface area contributed by atoms with Crippen molar-refractivity contribution in [1.82, 2.24) is 10.2 Å². The third-order valence-electron chi connectivity index (χ3n) is 1.84. The van der Waals surface area contributed by atoms with Crippen molar-refractivity contribution in [3.05, 3.63) is 17.5 Å². The summed E-state index contributed by atoms with van der Waals surface area (Å²) in [6, 6.07) is 2.11. The van der Waals surface area contributed by atoms with E-state index in [0.29, 0.717) is 5.92 Å². The molecule has 1 aromatic heterocycles. The molecule has 0 fully saturated rings. The van der Waals surface area contributed by atoms with Crippen LogP contribution in [0.15, 0.2) is 6.07 Å². The molecular weight excluding hydrogens is 124 g/mol. The molecule has 0 spiro atoms. The molecule has 0 saturated carbocycles. The lowest BCUT2D eigenvalue weighted by Crippen LogP contribution is -1.90. The van der Waals surface area contributed by atoms with Crippen molar-refractivity contribution in [2.24, 2.45) is 0 Å². The Morgan fingerprint density at radius 2 is 2.40 bits per heavy atom. The van der Waals surface area contributed by atoms with Crippen molar-refractivity contribution in [1.29, 1.82) is 0 Å². The predicted molar refractivity (Wildman–Crippen MR) is 42.0 cm³/mol. The van der Waals surface area contributed by atoms with Crippen LogP contribution in [0.25, 0.3) is 0 Å². The first kappa shape index (κ1) is 7.32. The number of nitrogens with zero attached hydrogens (tertiary/aromatic N) is 1. The van der Waals surface area contributed by atoms with Gasteiger partial charge in [-0.25, -0.2) is 0 Å². The van der Waals surface area contributed by atoms with Gasteiger partial charge in [0.25, 0.3) is 0 Å². The van der Waals surface area contributed by atoms with Gasteiger partial charge in [-0.2, -0.15) is 5.10 Å². The number of hydrogen-bond acceptors (Lipinski definition) is 1. The standard InChI is InChI=1S/C8H14N2/c1-4-6(2)8-5-7(3)9-10-8/h5-6H,4H2,1-3H3,(H,9,10). The molecule has 0 amide bonds. The summed E-state index contributed by atoms with van der Waals surface area (Å²) < 4.78 is 0. The number of aromatic amines is 1. The summed E-state index contributed by atoms with van der Waals surface area (Å²) in [5, 5.41) is 7.10. The molecule has 2 heteroatoms. The molecule has 0 aliphatic carbocycles. The van der Waals surface area contributed by atoms with Crippen molar-refractivity contribution in [2.45, 2.75) is 33.1 Å². The van der Waals surface area contributed by atoms with Crippen molar-refractivity contribution in [2.75, 3.05) is 0 Å². The number of nitrogens with one attached hydrogen (secondary N) is 1. The third kappa shape index (κ3) is 1.38. The van der Waals surface area contributed by atoms with Crippen LogP contribution in [0.1, 0.15) is 37.6 Å². The minimum absolute atomic E-state index is 0.588. The Morgan fingerprint density at radius 3 is 2.80 bits per heavy atom. The summed E-state index contributed by atoms with van der Waals surface area (Å²) >= 11 is 0. The Bertz CT molecular complexity index is 203. The van der Waals surface area contributed by atoms with Gasteiger partial charge in [0.1, 0.15) is 0 Å². The number of H-pyrrole nitrogens is 1. The summed E-state index contributed by atoms with van der Waals surface area (Å²) in [4.78, 5) is 0. The van der Waals surface area contributed by atoms with E-state index >= 15 is 0 Å².